The van der Waals surface area contributed by atoms with Crippen molar-refractivity contribution in [2.24, 2.45) is 0 Å². The van der Waals surface area contributed by atoms with Gasteiger partial charge in [-0.25, -0.2) is 4.72 Å². The molecule has 7 heteroatoms. The van der Waals surface area contributed by atoms with Crippen LogP contribution in [0.1, 0.15) is 37.7 Å². The topological polar surface area (TPSA) is 82.4 Å². The van der Waals surface area contributed by atoms with Crippen LogP contribution >= 0.6 is 0 Å². The first-order chi connectivity index (χ1) is 11.4. The van der Waals surface area contributed by atoms with Gasteiger partial charge in [-0.2, -0.15) is 18.0 Å². The molecule has 132 valence electrons. The molecule has 1 aromatic carbocycles. The molecule has 0 amide bonds. The van der Waals surface area contributed by atoms with Crippen LogP contribution in [0.15, 0.2) is 24.3 Å². The van der Waals surface area contributed by atoms with Gasteiger partial charge in [-0.05, 0) is 18.9 Å². The van der Waals surface area contributed by atoms with Crippen LogP contribution in [0.4, 0.5) is 0 Å². The second-order valence-electron chi connectivity index (χ2n) is 6.24. The predicted octanol–water partition coefficient (Wildman–Crippen LogP) is 2.19. The maximum absolute atomic E-state index is 12.4. The second-order valence-corrected chi connectivity index (χ2v) is 8.11. The maximum atomic E-state index is 12.4. The smallest absolute Gasteiger partial charge is 0.279 e. The molecule has 0 aromatic heterocycles. The maximum Gasteiger partial charge on any atom is 0.279 e. The number of nitrogens with zero attached hydrogens (tertiary/aromatic N) is 2. The Morgan fingerprint density at radius 3 is 2.62 bits per heavy atom. The van der Waals surface area contributed by atoms with E-state index in [0.717, 1.165) is 37.0 Å². The lowest BCUT2D eigenvalue weighted by atomic mass is 9.78. The lowest BCUT2D eigenvalue weighted by Gasteiger charge is -2.32. The van der Waals surface area contributed by atoms with Crippen molar-refractivity contribution in [2.75, 3.05) is 27.2 Å². The van der Waals surface area contributed by atoms with Gasteiger partial charge in [0.1, 0.15) is 5.75 Å². The summed E-state index contributed by atoms with van der Waals surface area (Å²) < 4.78 is 34.2. The Balaban J connectivity index is 2.19. The van der Waals surface area contributed by atoms with Crippen molar-refractivity contribution < 1.29 is 13.2 Å². The zero-order valence-electron chi connectivity index (χ0n) is 14.3. The molecule has 0 aliphatic heterocycles. The highest BCUT2D eigenvalue weighted by Gasteiger charge is 2.38. The molecule has 1 N–H and O–H groups in total. The number of rotatable bonds is 8. The van der Waals surface area contributed by atoms with Crippen LogP contribution in [0.2, 0.25) is 0 Å². The molecule has 1 aromatic rings. The third-order valence-corrected chi connectivity index (χ3v) is 6.29. The minimum Gasteiger partial charge on any atom is -0.496 e. The zero-order valence-corrected chi connectivity index (χ0v) is 15.1. The Morgan fingerprint density at radius 2 is 2.00 bits per heavy atom. The van der Waals surface area contributed by atoms with Crippen LogP contribution < -0.4 is 9.46 Å². The van der Waals surface area contributed by atoms with Crippen LogP contribution in [-0.2, 0) is 15.6 Å². The lowest BCUT2D eigenvalue weighted by Crippen LogP contribution is -2.45. The van der Waals surface area contributed by atoms with Gasteiger partial charge >= 0.3 is 0 Å². The van der Waals surface area contributed by atoms with E-state index in [9.17, 15) is 8.42 Å². The van der Waals surface area contributed by atoms with Crippen molar-refractivity contribution in [3.63, 3.8) is 0 Å². The summed E-state index contributed by atoms with van der Waals surface area (Å²) in [5, 5.41) is 8.62. The highest BCUT2D eigenvalue weighted by atomic mass is 32.2. The Hall–Kier alpha value is -1.62. The quantitative estimate of drug-likeness (QED) is 0.778. The molecule has 0 saturated heterocycles. The Kier molecular flexibility index (Phi) is 6.21. The van der Waals surface area contributed by atoms with E-state index in [4.69, 9.17) is 10.00 Å². The van der Waals surface area contributed by atoms with Crippen molar-refractivity contribution in [3.8, 4) is 11.8 Å². The highest BCUT2D eigenvalue weighted by molar-refractivity contribution is 7.87. The Bertz CT molecular complexity index is 691. The normalized spacial score (nSPS) is 16.9. The first-order valence-electron chi connectivity index (χ1n) is 8.16. The first-order valence-corrected chi connectivity index (χ1v) is 9.60. The van der Waals surface area contributed by atoms with E-state index in [1.165, 1.54) is 11.4 Å². The molecule has 24 heavy (non-hydrogen) atoms. The monoisotopic (exact) mass is 351 g/mol. The van der Waals surface area contributed by atoms with Crippen LogP contribution in [0.25, 0.3) is 0 Å². The molecule has 0 heterocycles. The highest BCUT2D eigenvalue weighted by Crippen LogP contribution is 2.44. The number of benzene rings is 1. The summed E-state index contributed by atoms with van der Waals surface area (Å²) in [6.07, 6.45) is 4.18. The van der Waals surface area contributed by atoms with E-state index < -0.39 is 10.2 Å². The van der Waals surface area contributed by atoms with Gasteiger partial charge in [-0.15, -0.1) is 0 Å². The van der Waals surface area contributed by atoms with Gasteiger partial charge in [-0.1, -0.05) is 31.0 Å². The van der Waals surface area contributed by atoms with E-state index in [2.05, 4.69) is 4.72 Å². The number of nitrogens with one attached hydrogen (secondary N) is 1. The van der Waals surface area contributed by atoms with E-state index in [1.54, 1.807) is 7.11 Å². The van der Waals surface area contributed by atoms with Crippen LogP contribution in [0.5, 0.6) is 5.75 Å². The Morgan fingerprint density at radius 1 is 1.33 bits per heavy atom. The molecule has 1 fully saturated rings. The van der Waals surface area contributed by atoms with Crippen molar-refractivity contribution in [1.82, 2.24) is 9.03 Å². The lowest BCUT2D eigenvalue weighted by molar-refractivity contribution is 0.368. The summed E-state index contributed by atoms with van der Waals surface area (Å²) in [4.78, 5) is 0. The molecule has 0 atom stereocenters. The molecule has 1 aliphatic carbocycles. The number of methoxy groups -OCH3 is 1. The number of hydrogen-bond donors (Lipinski definition) is 1. The molecule has 6 nitrogen and oxygen atoms in total. The summed E-state index contributed by atoms with van der Waals surface area (Å²) in [6.45, 7) is 0.528. The molecular formula is C17H25N3O3S. The number of para-hydroxylation sites is 1. The fourth-order valence-corrected chi connectivity index (χ4v) is 4.35. The van der Waals surface area contributed by atoms with E-state index >= 15 is 0 Å². The molecule has 0 radical (unpaired) electrons. The average Bonchev–Trinajstić information content (AvgIpc) is 3.08. The number of nitriles is 1. The number of hydrogen-bond acceptors (Lipinski definition) is 4. The predicted molar refractivity (Wildman–Crippen MR) is 92.9 cm³/mol. The minimum absolute atomic E-state index is 0.176. The van der Waals surface area contributed by atoms with Gasteiger partial charge < -0.3 is 4.74 Å². The SMILES string of the molecule is COc1ccccc1C1(CNS(=O)(=O)N(C)CCC#N)CCCC1. The molecule has 1 aliphatic rings. The molecule has 0 bridgehead atoms. The largest absolute Gasteiger partial charge is 0.496 e. The summed E-state index contributed by atoms with van der Waals surface area (Å²) >= 11 is 0. The summed E-state index contributed by atoms with van der Waals surface area (Å²) in [5.74, 6) is 0.802. The third-order valence-electron chi connectivity index (χ3n) is 4.78. The summed E-state index contributed by atoms with van der Waals surface area (Å²) in [6, 6.07) is 9.80. The molecule has 0 unspecified atom stereocenters. The first kappa shape index (κ1) is 18.7. The second kappa shape index (κ2) is 7.97. The minimum atomic E-state index is -3.59. The average molecular weight is 351 g/mol. The van der Waals surface area contributed by atoms with Crippen molar-refractivity contribution >= 4 is 10.2 Å². The molecule has 1 saturated carbocycles. The van der Waals surface area contributed by atoms with Gasteiger partial charge in [0, 0.05) is 37.5 Å². The van der Waals surface area contributed by atoms with Crippen LogP contribution in [0, 0.1) is 11.3 Å². The third kappa shape index (κ3) is 4.07. The van der Waals surface area contributed by atoms with Crippen molar-refractivity contribution in [3.05, 3.63) is 29.8 Å². The fraction of sp³-hybridized carbons (Fsp3) is 0.588. The van der Waals surface area contributed by atoms with E-state index in [1.807, 2.05) is 30.3 Å². The van der Waals surface area contributed by atoms with E-state index in [0.29, 0.717) is 6.54 Å². The van der Waals surface area contributed by atoms with Gasteiger partial charge in [-0.3, -0.25) is 0 Å². The fourth-order valence-electron chi connectivity index (χ4n) is 3.34. The van der Waals surface area contributed by atoms with Crippen LogP contribution in [0.3, 0.4) is 0 Å². The van der Waals surface area contributed by atoms with E-state index in [-0.39, 0.29) is 18.4 Å². The van der Waals surface area contributed by atoms with Crippen molar-refractivity contribution in [2.45, 2.75) is 37.5 Å². The molecule has 0 spiro atoms. The standard InChI is InChI=1S/C17H25N3O3S/c1-20(13-7-12-18)24(21,22)19-14-17(10-5-6-11-17)15-8-3-4-9-16(15)23-2/h3-4,8-9,19H,5-7,10-11,13-14H2,1-2H3. The number of ether oxygens (including phenoxy) is 1. The van der Waals surface area contributed by atoms with Crippen molar-refractivity contribution in [1.29, 1.82) is 5.26 Å². The zero-order chi connectivity index (χ0) is 17.6. The van der Waals surface area contributed by atoms with Gasteiger partial charge in [0.2, 0.25) is 0 Å². The van der Waals surface area contributed by atoms with Gasteiger partial charge in [0.15, 0.2) is 0 Å². The summed E-state index contributed by atoms with van der Waals surface area (Å²) in [7, 11) is -0.464. The van der Waals surface area contributed by atoms with Gasteiger partial charge in [0.25, 0.3) is 10.2 Å². The summed E-state index contributed by atoms with van der Waals surface area (Å²) in [5.41, 5.74) is 0.822. The van der Waals surface area contributed by atoms with Crippen LogP contribution in [-0.4, -0.2) is 40.0 Å². The van der Waals surface area contributed by atoms with Gasteiger partial charge in [0.05, 0.1) is 13.2 Å². The molecule has 2 rings (SSSR count). The molecular weight excluding hydrogens is 326 g/mol. The Labute approximate surface area is 144 Å².